The van der Waals surface area contributed by atoms with Crippen LogP contribution in [0.15, 0.2) is 52.1 Å². The number of nitrogens with one attached hydrogen (secondary N) is 2. The maximum atomic E-state index is 13.2. The van der Waals surface area contributed by atoms with Crippen molar-refractivity contribution in [2.45, 2.75) is 26.4 Å². The predicted octanol–water partition coefficient (Wildman–Crippen LogP) is 2.15. The summed E-state index contributed by atoms with van der Waals surface area (Å²) < 4.78 is 1.49. The molecule has 0 fully saturated rings. The Balaban J connectivity index is 1.70. The first-order chi connectivity index (χ1) is 13.8. The van der Waals surface area contributed by atoms with Gasteiger partial charge in [-0.3, -0.25) is 14.2 Å². The van der Waals surface area contributed by atoms with Crippen LogP contribution in [0.1, 0.15) is 30.0 Å². The molecule has 148 valence electrons. The van der Waals surface area contributed by atoms with Crippen molar-refractivity contribution in [1.29, 1.82) is 0 Å². The van der Waals surface area contributed by atoms with Gasteiger partial charge in [0.25, 0.3) is 11.5 Å². The Kier molecular flexibility index (Phi) is 4.54. The number of aryl methyl sites for hydroxylation is 1. The number of imidazole rings is 1. The van der Waals surface area contributed by atoms with E-state index in [1.165, 1.54) is 4.57 Å². The van der Waals surface area contributed by atoms with Crippen LogP contribution in [0, 0.1) is 0 Å². The van der Waals surface area contributed by atoms with Crippen molar-refractivity contribution < 1.29 is 4.79 Å². The van der Waals surface area contributed by atoms with Crippen molar-refractivity contribution in [3.8, 4) is 0 Å². The molecule has 0 unspecified atom stereocenters. The van der Waals surface area contributed by atoms with Crippen molar-refractivity contribution in [3.05, 3.63) is 74.7 Å². The summed E-state index contributed by atoms with van der Waals surface area (Å²) >= 11 is 0. The number of H-pyrrole nitrogens is 2. The number of hydrogen-bond donors (Lipinski definition) is 2. The van der Waals surface area contributed by atoms with Gasteiger partial charge in [0.1, 0.15) is 5.82 Å². The number of benzene rings is 2. The summed E-state index contributed by atoms with van der Waals surface area (Å²) in [5.74, 6) is 0.215. The summed E-state index contributed by atoms with van der Waals surface area (Å²) in [6.45, 7) is 3.97. The van der Waals surface area contributed by atoms with Crippen LogP contribution in [0.4, 0.5) is 0 Å². The molecule has 0 saturated carbocycles. The maximum Gasteiger partial charge on any atom is 0.326 e. The zero-order valence-corrected chi connectivity index (χ0v) is 16.4. The first-order valence-corrected chi connectivity index (χ1v) is 9.33. The van der Waals surface area contributed by atoms with Crippen molar-refractivity contribution >= 4 is 27.8 Å². The number of para-hydroxylation sites is 1. The maximum absolute atomic E-state index is 13.2. The van der Waals surface area contributed by atoms with Gasteiger partial charge in [-0.25, -0.2) is 9.78 Å². The second kappa shape index (κ2) is 7.05. The van der Waals surface area contributed by atoms with E-state index in [4.69, 9.17) is 0 Å². The lowest BCUT2D eigenvalue weighted by molar-refractivity contribution is 0.0685. The highest BCUT2D eigenvalue weighted by molar-refractivity contribution is 5.97. The lowest BCUT2D eigenvalue weighted by Crippen LogP contribution is -2.37. The molecule has 0 saturated heterocycles. The van der Waals surface area contributed by atoms with Crippen molar-refractivity contribution in [1.82, 2.24) is 24.4 Å². The third-order valence-electron chi connectivity index (χ3n) is 5.02. The van der Waals surface area contributed by atoms with Gasteiger partial charge in [0.2, 0.25) is 0 Å². The fourth-order valence-electron chi connectivity index (χ4n) is 3.40. The van der Waals surface area contributed by atoms with E-state index >= 15 is 0 Å². The Labute approximate surface area is 165 Å². The summed E-state index contributed by atoms with van der Waals surface area (Å²) in [6.07, 6.45) is 0. The third kappa shape index (κ3) is 3.33. The highest BCUT2D eigenvalue weighted by Gasteiger charge is 2.21. The summed E-state index contributed by atoms with van der Waals surface area (Å²) in [7, 11) is 1.67. The molecule has 2 heterocycles. The molecule has 0 atom stereocenters. The molecule has 0 spiro atoms. The van der Waals surface area contributed by atoms with Crippen LogP contribution in [-0.4, -0.2) is 36.4 Å². The number of aromatic amines is 2. The van der Waals surface area contributed by atoms with Crippen LogP contribution in [-0.2, 0) is 13.6 Å². The molecule has 8 nitrogen and oxygen atoms in total. The number of aromatic nitrogens is 4. The Hall–Kier alpha value is -3.68. The van der Waals surface area contributed by atoms with Gasteiger partial charge in [0, 0.05) is 18.7 Å². The fourth-order valence-corrected chi connectivity index (χ4v) is 3.40. The molecule has 2 aromatic heterocycles. The fraction of sp³-hybridized carbons (Fsp3) is 0.238. The zero-order valence-electron chi connectivity index (χ0n) is 16.4. The van der Waals surface area contributed by atoms with E-state index in [0.717, 1.165) is 5.52 Å². The van der Waals surface area contributed by atoms with Gasteiger partial charge < -0.3 is 14.9 Å². The number of rotatable bonds is 4. The van der Waals surface area contributed by atoms with Gasteiger partial charge in [-0.1, -0.05) is 12.1 Å². The molecule has 0 radical (unpaired) electrons. The predicted molar refractivity (Wildman–Crippen MR) is 111 cm³/mol. The van der Waals surface area contributed by atoms with Crippen molar-refractivity contribution in [2.24, 2.45) is 7.05 Å². The molecule has 0 aliphatic rings. The van der Waals surface area contributed by atoms with Gasteiger partial charge in [0.05, 0.1) is 28.5 Å². The zero-order chi connectivity index (χ0) is 20.7. The van der Waals surface area contributed by atoms with E-state index in [1.54, 1.807) is 48.3 Å². The van der Waals surface area contributed by atoms with Crippen LogP contribution in [0.25, 0.3) is 21.9 Å². The first kappa shape index (κ1) is 18.7. The molecular formula is C21H21N5O3. The standard InChI is InChI=1S/C21H21N5O3/c1-12(2)26(11-18-22-15-7-5-4-6-14(15)19(27)24-18)20(28)13-8-9-17-16(10-13)23-21(29)25(17)3/h4-10,12H,11H2,1-3H3,(H,23,29)(H,22,24,27). The summed E-state index contributed by atoms with van der Waals surface area (Å²) in [5.41, 5.74) is 1.91. The largest absolute Gasteiger partial charge is 0.329 e. The third-order valence-corrected chi connectivity index (χ3v) is 5.02. The molecule has 0 aliphatic carbocycles. The molecule has 1 amide bonds. The molecule has 29 heavy (non-hydrogen) atoms. The average molecular weight is 391 g/mol. The van der Waals surface area contributed by atoms with Gasteiger partial charge >= 0.3 is 5.69 Å². The minimum Gasteiger partial charge on any atom is -0.329 e. The summed E-state index contributed by atoms with van der Waals surface area (Å²) in [5, 5.41) is 0.511. The molecule has 2 N–H and O–H groups in total. The molecule has 2 aromatic carbocycles. The number of fused-ring (bicyclic) bond motifs is 2. The van der Waals surface area contributed by atoms with Crippen LogP contribution < -0.4 is 11.2 Å². The molecule has 4 rings (SSSR count). The molecular weight excluding hydrogens is 370 g/mol. The van der Waals surface area contributed by atoms with E-state index < -0.39 is 0 Å². The summed E-state index contributed by atoms with van der Waals surface area (Å²) in [4.78, 5) is 49.0. The highest BCUT2D eigenvalue weighted by Crippen LogP contribution is 2.17. The molecule has 8 heteroatoms. The van der Waals surface area contributed by atoms with Crippen molar-refractivity contribution in [3.63, 3.8) is 0 Å². The minimum atomic E-state index is -0.233. The topological polar surface area (TPSA) is 104 Å². The monoisotopic (exact) mass is 391 g/mol. The first-order valence-electron chi connectivity index (χ1n) is 9.33. The Morgan fingerprint density at radius 3 is 2.66 bits per heavy atom. The SMILES string of the molecule is CC(C)N(Cc1nc2ccccc2c(=O)[nH]1)C(=O)c1ccc2c(c1)[nH]c(=O)n2C. The van der Waals surface area contributed by atoms with Crippen LogP contribution >= 0.6 is 0 Å². The van der Waals surface area contributed by atoms with E-state index in [1.807, 2.05) is 19.9 Å². The highest BCUT2D eigenvalue weighted by atomic mass is 16.2. The van der Waals surface area contributed by atoms with Gasteiger partial charge in [0.15, 0.2) is 0 Å². The second-order valence-electron chi connectivity index (χ2n) is 7.28. The van der Waals surface area contributed by atoms with Crippen LogP contribution in [0.3, 0.4) is 0 Å². The molecule has 0 bridgehead atoms. The number of hydrogen-bond acceptors (Lipinski definition) is 4. The number of nitrogens with zero attached hydrogens (tertiary/aromatic N) is 3. The minimum absolute atomic E-state index is 0.121. The normalized spacial score (nSPS) is 11.4. The van der Waals surface area contributed by atoms with Crippen LogP contribution in [0.2, 0.25) is 0 Å². The molecule has 0 aliphatic heterocycles. The second-order valence-corrected chi connectivity index (χ2v) is 7.28. The van der Waals surface area contributed by atoms with E-state index in [-0.39, 0.29) is 29.7 Å². The lowest BCUT2D eigenvalue weighted by atomic mass is 10.1. The number of amides is 1. The van der Waals surface area contributed by atoms with E-state index in [9.17, 15) is 14.4 Å². The van der Waals surface area contributed by atoms with E-state index in [0.29, 0.717) is 27.8 Å². The smallest absolute Gasteiger partial charge is 0.326 e. The number of carbonyl (C=O) groups excluding carboxylic acids is 1. The Morgan fingerprint density at radius 1 is 1.14 bits per heavy atom. The summed E-state index contributed by atoms with van der Waals surface area (Å²) in [6, 6.07) is 12.1. The Bertz CT molecular complexity index is 1350. The van der Waals surface area contributed by atoms with E-state index in [2.05, 4.69) is 15.0 Å². The van der Waals surface area contributed by atoms with Crippen molar-refractivity contribution in [2.75, 3.05) is 0 Å². The number of carbonyl (C=O) groups is 1. The van der Waals surface area contributed by atoms with Gasteiger partial charge in [-0.05, 0) is 44.2 Å². The Morgan fingerprint density at radius 2 is 1.90 bits per heavy atom. The molecule has 4 aromatic rings. The van der Waals surface area contributed by atoms with Gasteiger partial charge in [-0.15, -0.1) is 0 Å². The quantitative estimate of drug-likeness (QED) is 0.556. The lowest BCUT2D eigenvalue weighted by Gasteiger charge is -2.26. The van der Waals surface area contributed by atoms with Gasteiger partial charge in [-0.2, -0.15) is 0 Å². The van der Waals surface area contributed by atoms with Crippen LogP contribution in [0.5, 0.6) is 0 Å². The average Bonchev–Trinajstić information content (AvgIpc) is 2.98.